The van der Waals surface area contributed by atoms with E-state index in [2.05, 4.69) is 12.2 Å². The monoisotopic (exact) mass is 213 g/mol. The topological polar surface area (TPSA) is 38.8 Å². The molecule has 0 aromatic heterocycles. The number of hydrogen-bond donors (Lipinski definition) is 0. The van der Waals surface area contributed by atoms with Crippen molar-refractivity contribution in [1.29, 1.82) is 0 Å². The Labute approximate surface area is 90.8 Å². The Morgan fingerprint density at radius 3 is 2.67 bits per heavy atom. The van der Waals surface area contributed by atoms with Gasteiger partial charge in [-0.15, -0.1) is 0 Å². The van der Waals surface area contributed by atoms with Crippen LogP contribution < -0.4 is 0 Å². The predicted molar refractivity (Wildman–Crippen MR) is 57.3 cm³/mol. The molecule has 0 aromatic carbocycles. The second-order valence-corrected chi connectivity index (χ2v) is 4.46. The number of ether oxygens (including phenoxy) is 1. The maximum atomic E-state index is 11.6. The van der Waals surface area contributed by atoms with Gasteiger partial charge in [0.1, 0.15) is 5.60 Å². The van der Waals surface area contributed by atoms with Crippen LogP contribution in [0.2, 0.25) is 0 Å². The lowest BCUT2D eigenvalue weighted by atomic mass is 10.2. The normalized spacial score (nSPS) is 20.3. The van der Waals surface area contributed by atoms with E-state index >= 15 is 0 Å². The van der Waals surface area contributed by atoms with Crippen molar-refractivity contribution < 1.29 is 14.4 Å². The van der Waals surface area contributed by atoms with Gasteiger partial charge in [-0.25, -0.2) is 4.79 Å². The molecule has 0 N–H and O–H groups in total. The molecule has 0 atom stereocenters. The van der Waals surface area contributed by atoms with Gasteiger partial charge in [-0.1, -0.05) is 12.2 Å². The van der Waals surface area contributed by atoms with Crippen molar-refractivity contribution in [3.05, 3.63) is 12.2 Å². The quantitative estimate of drug-likeness (QED) is 0.580. The maximum absolute atomic E-state index is 11.6. The largest absolute Gasteiger partial charge is 0.442 e. The third-order valence-electron chi connectivity index (χ3n) is 1.79. The van der Waals surface area contributed by atoms with Crippen molar-refractivity contribution in [3.8, 4) is 0 Å². The Hall–Kier alpha value is -1.03. The molecule has 0 spiro atoms. The highest BCUT2D eigenvalue weighted by Crippen LogP contribution is 2.11. The van der Waals surface area contributed by atoms with Crippen molar-refractivity contribution in [3.63, 3.8) is 0 Å². The summed E-state index contributed by atoms with van der Waals surface area (Å²) in [7, 11) is 0. The highest BCUT2D eigenvalue weighted by molar-refractivity contribution is 5.66. The van der Waals surface area contributed by atoms with Gasteiger partial charge in [0.25, 0.3) is 0 Å². The number of amides is 1. The van der Waals surface area contributed by atoms with E-state index in [-0.39, 0.29) is 0 Å². The van der Waals surface area contributed by atoms with Crippen LogP contribution in [0.5, 0.6) is 0 Å². The Morgan fingerprint density at radius 2 is 2.00 bits per heavy atom. The summed E-state index contributed by atoms with van der Waals surface area (Å²) in [6, 6.07) is 0. The molecule has 0 unspecified atom stereocenters. The highest BCUT2D eigenvalue weighted by atomic mass is 16.7. The van der Waals surface area contributed by atoms with Crippen molar-refractivity contribution >= 4 is 6.09 Å². The van der Waals surface area contributed by atoms with E-state index in [9.17, 15) is 4.79 Å². The summed E-state index contributed by atoms with van der Waals surface area (Å²) in [5, 5.41) is 1.30. The minimum Gasteiger partial charge on any atom is -0.442 e. The van der Waals surface area contributed by atoms with Crippen LogP contribution in [-0.4, -0.2) is 29.9 Å². The van der Waals surface area contributed by atoms with Gasteiger partial charge in [-0.2, -0.15) is 5.06 Å². The van der Waals surface area contributed by atoms with Gasteiger partial charge in [-0.05, 0) is 33.6 Å². The third-order valence-corrected chi connectivity index (χ3v) is 1.79. The zero-order valence-corrected chi connectivity index (χ0v) is 9.66. The molecule has 1 rings (SSSR count). The molecule has 0 saturated carbocycles. The number of nitrogens with zero attached hydrogens (tertiary/aromatic N) is 1. The molecule has 0 aliphatic carbocycles. The summed E-state index contributed by atoms with van der Waals surface area (Å²) in [5.74, 6) is 0. The van der Waals surface area contributed by atoms with Crippen LogP contribution in [0.25, 0.3) is 0 Å². The zero-order chi connectivity index (χ0) is 11.3. The average molecular weight is 213 g/mol. The van der Waals surface area contributed by atoms with E-state index in [1.807, 2.05) is 20.8 Å². The fraction of sp³-hybridized carbons (Fsp3) is 0.727. The van der Waals surface area contributed by atoms with Crippen molar-refractivity contribution in [1.82, 2.24) is 5.06 Å². The first kappa shape index (κ1) is 12.0. The molecule has 1 aliphatic heterocycles. The van der Waals surface area contributed by atoms with Gasteiger partial charge < -0.3 is 4.74 Å². The minimum atomic E-state index is -0.474. The molecule has 0 bridgehead atoms. The van der Waals surface area contributed by atoms with Crippen LogP contribution in [0.1, 0.15) is 33.6 Å². The molecule has 0 saturated heterocycles. The average Bonchev–Trinajstić information content (AvgIpc) is 1.98. The standard InChI is InChI=1S/C11H19NO3/c1-11(2,3)15-10(13)12-8-6-4-5-7-9-14-12/h4-5H,6-9H2,1-3H3/b5-4-. The van der Waals surface area contributed by atoms with E-state index in [4.69, 9.17) is 9.57 Å². The van der Waals surface area contributed by atoms with Gasteiger partial charge in [0.05, 0.1) is 13.2 Å². The lowest BCUT2D eigenvalue weighted by Crippen LogP contribution is -2.37. The number of rotatable bonds is 0. The molecule has 4 nitrogen and oxygen atoms in total. The minimum absolute atomic E-state index is 0.405. The van der Waals surface area contributed by atoms with E-state index in [0.29, 0.717) is 13.2 Å². The molecule has 0 aromatic rings. The molecule has 4 heteroatoms. The molecule has 1 aliphatic rings. The summed E-state index contributed by atoms with van der Waals surface area (Å²) in [4.78, 5) is 16.9. The number of hydrogen-bond acceptors (Lipinski definition) is 3. The fourth-order valence-corrected chi connectivity index (χ4v) is 1.18. The summed E-state index contributed by atoms with van der Waals surface area (Å²) in [6.07, 6.45) is 5.35. The van der Waals surface area contributed by atoms with Gasteiger partial charge >= 0.3 is 6.09 Å². The van der Waals surface area contributed by atoms with Crippen LogP contribution in [0.3, 0.4) is 0 Å². The van der Waals surface area contributed by atoms with E-state index < -0.39 is 11.7 Å². The van der Waals surface area contributed by atoms with Gasteiger partial charge in [0, 0.05) is 0 Å². The second-order valence-electron chi connectivity index (χ2n) is 4.46. The molecular weight excluding hydrogens is 194 g/mol. The van der Waals surface area contributed by atoms with E-state index in [0.717, 1.165) is 12.8 Å². The molecule has 86 valence electrons. The molecule has 15 heavy (non-hydrogen) atoms. The van der Waals surface area contributed by atoms with Gasteiger partial charge in [-0.3, -0.25) is 4.84 Å². The molecular formula is C11H19NO3. The summed E-state index contributed by atoms with van der Waals surface area (Å²) < 4.78 is 5.21. The maximum Gasteiger partial charge on any atom is 0.434 e. The van der Waals surface area contributed by atoms with E-state index in [1.54, 1.807) is 0 Å². The molecule has 0 fully saturated rings. The summed E-state index contributed by atoms with van der Waals surface area (Å²) >= 11 is 0. The number of hydroxylamine groups is 2. The van der Waals surface area contributed by atoms with Crippen LogP contribution in [-0.2, 0) is 9.57 Å². The highest BCUT2D eigenvalue weighted by Gasteiger charge is 2.22. The Bertz CT molecular complexity index is 243. The number of carbonyl (C=O) groups is 1. The molecule has 1 heterocycles. The third kappa shape index (κ3) is 4.83. The van der Waals surface area contributed by atoms with Crippen molar-refractivity contribution in [2.24, 2.45) is 0 Å². The fourth-order valence-electron chi connectivity index (χ4n) is 1.18. The summed E-state index contributed by atoms with van der Waals surface area (Å²) in [6.45, 7) is 6.60. The van der Waals surface area contributed by atoms with Gasteiger partial charge in [0.15, 0.2) is 0 Å². The lowest BCUT2D eigenvalue weighted by molar-refractivity contribution is -0.146. The van der Waals surface area contributed by atoms with Crippen LogP contribution in [0.15, 0.2) is 12.2 Å². The zero-order valence-electron chi connectivity index (χ0n) is 9.66. The van der Waals surface area contributed by atoms with Crippen molar-refractivity contribution in [2.45, 2.75) is 39.2 Å². The van der Waals surface area contributed by atoms with Crippen LogP contribution in [0, 0.1) is 0 Å². The smallest absolute Gasteiger partial charge is 0.434 e. The Morgan fingerprint density at radius 1 is 1.33 bits per heavy atom. The first-order valence-electron chi connectivity index (χ1n) is 5.27. The SMILES string of the molecule is CC(C)(C)OC(=O)N1CC/C=C\CCO1. The number of carbonyl (C=O) groups excluding carboxylic acids is 1. The lowest BCUT2D eigenvalue weighted by Gasteiger charge is -2.26. The van der Waals surface area contributed by atoms with Crippen LogP contribution in [0.4, 0.5) is 4.79 Å². The molecule has 1 amide bonds. The van der Waals surface area contributed by atoms with Crippen LogP contribution >= 0.6 is 0 Å². The first-order valence-corrected chi connectivity index (χ1v) is 5.27. The van der Waals surface area contributed by atoms with Gasteiger partial charge in [0.2, 0.25) is 0 Å². The summed E-state index contributed by atoms with van der Waals surface area (Å²) in [5.41, 5.74) is -0.474. The van der Waals surface area contributed by atoms with E-state index in [1.165, 1.54) is 5.06 Å². The first-order chi connectivity index (χ1) is 6.99. The second kappa shape index (κ2) is 5.16. The van der Waals surface area contributed by atoms with Crippen molar-refractivity contribution in [2.75, 3.05) is 13.2 Å². The predicted octanol–water partition coefficient (Wildman–Crippen LogP) is 2.51. The molecule has 0 radical (unpaired) electrons. The Kier molecular flexibility index (Phi) is 4.15. The Balaban J connectivity index is 2.47.